The van der Waals surface area contributed by atoms with Crippen molar-refractivity contribution in [3.63, 3.8) is 0 Å². The molecule has 122 valence electrons. The molecule has 7 nitrogen and oxygen atoms in total. The van der Waals surface area contributed by atoms with Crippen LogP contribution in [0.15, 0.2) is 12.1 Å². The van der Waals surface area contributed by atoms with E-state index < -0.39 is 10.0 Å². The van der Waals surface area contributed by atoms with Gasteiger partial charge in [0.25, 0.3) is 0 Å². The van der Waals surface area contributed by atoms with E-state index in [0.717, 1.165) is 37.4 Å². The van der Waals surface area contributed by atoms with E-state index in [1.807, 2.05) is 19.1 Å². The molecule has 2 aliphatic heterocycles. The maximum Gasteiger partial charge on any atom is 0.208 e. The Hall–Kier alpha value is -1.25. The third kappa shape index (κ3) is 3.56. The molecule has 0 radical (unpaired) electrons. The van der Waals surface area contributed by atoms with Gasteiger partial charge >= 0.3 is 0 Å². The number of nitrogens with one attached hydrogen (secondary N) is 1. The van der Waals surface area contributed by atoms with E-state index in [4.69, 9.17) is 4.74 Å². The van der Waals surface area contributed by atoms with E-state index in [2.05, 4.69) is 19.8 Å². The van der Waals surface area contributed by atoms with Gasteiger partial charge in [-0.1, -0.05) is 0 Å². The molecule has 2 fully saturated rings. The Balaban J connectivity index is 1.68. The van der Waals surface area contributed by atoms with Crippen molar-refractivity contribution in [3.05, 3.63) is 17.8 Å². The lowest BCUT2D eigenvalue weighted by Crippen LogP contribution is -2.49. The molecule has 1 aromatic rings. The topological polar surface area (TPSA) is 84.4 Å². The highest BCUT2D eigenvalue weighted by atomic mass is 32.2. The molecule has 3 heterocycles. The normalized spacial score (nSPS) is 29.2. The van der Waals surface area contributed by atoms with Gasteiger partial charge in [-0.05, 0) is 38.3 Å². The second-order valence-corrected chi connectivity index (χ2v) is 8.10. The third-order valence-electron chi connectivity index (χ3n) is 4.30. The van der Waals surface area contributed by atoms with Crippen LogP contribution in [0, 0.1) is 6.92 Å². The van der Waals surface area contributed by atoms with Crippen LogP contribution in [-0.2, 0) is 14.8 Å². The highest BCUT2D eigenvalue weighted by Gasteiger charge is 2.44. The number of anilines is 1. The molecule has 8 heteroatoms. The molecule has 1 spiro atoms. The van der Waals surface area contributed by atoms with Gasteiger partial charge in [-0.25, -0.2) is 13.1 Å². The first-order valence-electron chi connectivity index (χ1n) is 7.52. The molecule has 0 aliphatic carbocycles. The molecule has 22 heavy (non-hydrogen) atoms. The van der Waals surface area contributed by atoms with Crippen LogP contribution in [0.3, 0.4) is 0 Å². The summed E-state index contributed by atoms with van der Waals surface area (Å²) in [5, 5.41) is 8.32. The zero-order chi connectivity index (χ0) is 15.8. The summed E-state index contributed by atoms with van der Waals surface area (Å²) < 4.78 is 31.6. The van der Waals surface area contributed by atoms with Gasteiger partial charge in [0.2, 0.25) is 10.0 Å². The van der Waals surface area contributed by atoms with Crippen molar-refractivity contribution in [2.24, 2.45) is 0 Å². The van der Waals surface area contributed by atoms with Crippen molar-refractivity contribution in [2.75, 3.05) is 30.9 Å². The lowest BCUT2D eigenvalue weighted by Gasteiger charge is -2.38. The van der Waals surface area contributed by atoms with Crippen LogP contribution in [0.25, 0.3) is 0 Å². The predicted molar refractivity (Wildman–Crippen MR) is 83.3 cm³/mol. The van der Waals surface area contributed by atoms with Gasteiger partial charge in [-0.2, -0.15) is 5.10 Å². The molecule has 0 amide bonds. The Morgan fingerprint density at radius 2 is 2.23 bits per heavy atom. The maximum absolute atomic E-state index is 11.4. The molecule has 3 rings (SSSR count). The molecule has 2 saturated heterocycles. The summed E-state index contributed by atoms with van der Waals surface area (Å²) in [5.41, 5.74) is 0.608. The van der Waals surface area contributed by atoms with Crippen LogP contribution in [0.4, 0.5) is 5.82 Å². The summed E-state index contributed by atoms with van der Waals surface area (Å²) >= 11 is 0. The van der Waals surface area contributed by atoms with Crippen molar-refractivity contribution >= 4 is 15.8 Å². The zero-order valence-electron chi connectivity index (χ0n) is 12.9. The first-order valence-corrected chi connectivity index (χ1v) is 9.41. The number of sulfonamides is 1. The molecule has 1 N–H and O–H groups in total. The average molecular weight is 326 g/mol. The smallest absolute Gasteiger partial charge is 0.208 e. The molecular weight excluding hydrogens is 304 g/mol. The Labute approximate surface area is 131 Å². The minimum Gasteiger partial charge on any atom is -0.373 e. The lowest BCUT2D eigenvalue weighted by atomic mass is 9.90. The zero-order valence-corrected chi connectivity index (χ0v) is 13.8. The van der Waals surface area contributed by atoms with E-state index >= 15 is 0 Å². The minimum absolute atomic E-state index is 0.0483. The van der Waals surface area contributed by atoms with Crippen molar-refractivity contribution in [1.29, 1.82) is 0 Å². The summed E-state index contributed by atoms with van der Waals surface area (Å²) in [7, 11) is -3.18. The summed E-state index contributed by atoms with van der Waals surface area (Å²) in [4.78, 5) is 2.16. The Morgan fingerprint density at radius 3 is 2.91 bits per heavy atom. The van der Waals surface area contributed by atoms with Crippen molar-refractivity contribution in [2.45, 2.75) is 37.8 Å². The first kappa shape index (κ1) is 15.6. The van der Waals surface area contributed by atoms with Crippen LogP contribution in [-0.4, -0.2) is 56.2 Å². The van der Waals surface area contributed by atoms with E-state index in [1.54, 1.807) is 0 Å². The van der Waals surface area contributed by atoms with Crippen LogP contribution in [0.2, 0.25) is 0 Å². The Kier molecular flexibility index (Phi) is 4.09. The fourth-order valence-electron chi connectivity index (χ4n) is 3.32. The minimum atomic E-state index is -3.18. The van der Waals surface area contributed by atoms with Crippen LogP contribution in [0.1, 0.15) is 25.0 Å². The maximum atomic E-state index is 11.4. The number of nitrogens with zero attached hydrogens (tertiary/aromatic N) is 3. The number of aromatic nitrogens is 2. The summed E-state index contributed by atoms with van der Waals surface area (Å²) in [6.07, 6.45) is 3.51. The van der Waals surface area contributed by atoms with Crippen LogP contribution < -0.4 is 9.62 Å². The van der Waals surface area contributed by atoms with Crippen molar-refractivity contribution in [3.8, 4) is 0 Å². The third-order valence-corrected chi connectivity index (χ3v) is 5.06. The largest absolute Gasteiger partial charge is 0.373 e. The SMILES string of the molecule is Cc1ccc(N2CC[C@@]3(C[C@H](NS(C)(=O)=O)CCO3)C2)nn1. The highest BCUT2D eigenvalue weighted by Crippen LogP contribution is 2.35. The molecule has 1 aromatic heterocycles. The first-order chi connectivity index (χ1) is 10.4. The van der Waals surface area contributed by atoms with Crippen LogP contribution >= 0.6 is 0 Å². The summed E-state index contributed by atoms with van der Waals surface area (Å²) in [6.45, 7) is 4.07. The van der Waals surface area contributed by atoms with E-state index in [9.17, 15) is 8.42 Å². The second-order valence-electron chi connectivity index (χ2n) is 6.32. The van der Waals surface area contributed by atoms with Gasteiger partial charge in [-0.15, -0.1) is 5.10 Å². The summed E-state index contributed by atoms with van der Waals surface area (Å²) in [6, 6.07) is 3.87. The van der Waals surface area contributed by atoms with E-state index in [0.29, 0.717) is 13.0 Å². The second kappa shape index (κ2) is 5.75. The fourth-order valence-corrected chi connectivity index (χ4v) is 4.12. The van der Waals surface area contributed by atoms with Gasteiger partial charge in [0.15, 0.2) is 5.82 Å². The standard InChI is InChI=1S/C14H22N4O3S/c1-11-3-4-13(16-15-11)18-7-6-14(10-18)9-12(5-8-21-14)17-22(2,19)20/h3-4,12,17H,5-10H2,1-2H3/t12-,14-/m1/s1. The number of rotatable bonds is 3. The number of hydrogen-bond acceptors (Lipinski definition) is 6. The van der Waals surface area contributed by atoms with E-state index in [1.165, 1.54) is 6.26 Å². The molecular formula is C14H22N4O3S. The number of aryl methyl sites for hydroxylation is 1. The van der Waals surface area contributed by atoms with Crippen LogP contribution in [0.5, 0.6) is 0 Å². The van der Waals surface area contributed by atoms with Gasteiger partial charge in [0.05, 0.1) is 17.6 Å². The predicted octanol–water partition coefficient (Wildman–Crippen LogP) is 0.462. The molecule has 2 aliphatic rings. The number of hydrogen-bond donors (Lipinski definition) is 1. The Morgan fingerprint density at radius 1 is 1.41 bits per heavy atom. The van der Waals surface area contributed by atoms with Gasteiger partial charge in [0, 0.05) is 25.7 Å². The number of ether oxygens (including phenoxy) is 1. The Bertz CT molecular complexity index is 634. The fraction of sp³-hybridized carbons (Fsp3) is 0.714. The molecule has 0 saturated carbocycles. The summed E-state index contributed by atoms with van der Waals surface area (Å²) in [5.74, 6) is 0.851. The average Bonchev–Trinajstić information content (AvgIpc) is 2.81. The molecule has 0 bridgehead atoms. The van der Waals surface area contributed by atoms with Gasteiger partial charge in [0.1, 0.15) is 0 Å². The molecule has 0 unspecified atom stereocenters. The van der Waals surface area contributed by atoms with Gasteiger partial charge in [-0.3, -0.25) is 0 Å². The quantitative estimate of drug-likeness (QED) is 0.869. The van der Waals surface area contributed by atoms with E-state index in [-0.39, 0.29) is 11.6 Å². The molecule has 2 atom stereocenters. The highest BCUT2D eigenvalue weighted by molar-refractivity contribution is 7.88. The van der Waals surface area contributed by atoms with Crippen molar-refractivity contribution in [1.82, 2.24) is 14.9 Å². The molecule has 0 aromatic carbocycles. The lowest BCUT2D eigenvalue weighted by molar-refractivity contribution is -0.0706. The monoisotopic (exact) mass is 326 g/mol. The van der Waals surface area contributed by atoms with Crippen molar-refractivity contribution < 1.29 is 13.2 Å². The van der Waals surface area contributed by atoms with Gasteiger partial charge < -0.3 is 9.64 Å².